The van der Waals surface area contributed by atoms with Crippen molar-refractivity contribution in [3.8, 4) is 0 Å². The molecule has 0 heterocycles. The molecule has 0 aliphatic heterocycles. The Kier molecular flexibility index (Phi) is 10.4. The molecule has 3 nitrogen and oxygen atoms in total. The van der Waals surface area contributed by atoms with Crippen molar-refractivity contribution in [3.63, 3.8) is 0 Å². The van der Waals surface area contributed by atoms with Crippen molar-refractivity contribution in [1.29, 1.82) is 0 Å². The van der Waals surface area contributed by atoms with Crippen molar-refractivity contribution >= 4 is 5.78 Å². The number of benzene rings is 1. The van der Waals surface area contributed by atoms with Crippen molar-refractivity contribution in [1.82, 2.24) is 0 Å². The number of allylic oxidation sites excluding steroid dienone is 3. The number of Topliss-reactive ketones (excluding diaryl/α,β-unsaturated/α-hetero) is 1. The highest BCUT2D eigenvalue weighted by molar-refractivity contribution is 6.00. The van der Waals surface area contributed by atoms with Crippen LogP contribution < -0.4 is 0 Å². The van der Waals surface area contributed by atoms with Gasteiger partial charge < -0.3 is 9.47 Å². The van der Waals surface area contributed by atoms with Gasteiger partial charge in [0.25, 0.3) is 0 Å². The Balaban J connectivity index is 3.25. The van der Waals surface area contributed by atoms with E-state index < -0.39 is 0 Å². The van der Waals surface area contributed by atoms with E-state index in [1.807, 2.05) is 50.3 Å². The second-order valence-electron chi connectivity index (χ2n) is 6.68. The standard InChI is InChI=1S/C24H34O3/c1-7-18(4)15-21(23(25)9-3)22(24(26-6)19(5)8-2)17-27-16-20-13-11-10-12-14-20/h10-15,19H,4,7-9,16-17H2,1-3,5-6H3/b21-15+,24-22+. The van der Waals surface area contributed by atoms with Crippen LogP contribution in [0.5, 0.6) is 0 Å². The number of ether oxygens (including phenoxy) is 2. The minimum Gasteiger partial charge on any atom is -0.500 e. The van der Waals surface area contributed by atoms with Crippen LogP contribution in [-0.2, 0) is 20.9 Å². The summed E-state index contributed by atoms with van der Waals surface area (Å²) in [4.78, 5) is 12.7. The highest BCUT2D eigenvalue weighted by Gasteiger charge is 2.22. The predicted octanol–water partition coefficient (Wildman–Crippen LogP) is 6.02. The van der Waals surface area contributed by atoms with Crippen LogP contribution in [0.4, 0.5) is 0 Å². The van der Waals surface area contributed by atoms with E-state index in [0.29, 0.717) is 25.2 Å². The minimum absolute atomic E-state index is 0.0840. The number of rotatable bonds is 12. The lowest BCUT2D eigenvalue weighted by atomic mass is 9.92. The van der Waals surface area contributed by atoms with Crippen LogP contribution in [-0.4, -0.2) is 19.5 Å². The molecule has 1 rings (SSSR count). The second-order valence-corrected chi connectivity index (χ2v) is 6.68. The van der Waals surface area contributed by atoms with Gasteiger partial charge in [0.15, 0.2) is 5.78 Å². The molecule has 148 valence electrons. The summed E-state index contributed by atoms with van der Waals surface area (Å²) in [5, 5.41) is 0. The zero-order valence-corrected chi connectivity index (χ0v) is 17.5. The largest absolute Gasteiger partial charge is 0.500 e. The van der Waals surface area contributed by atoms with E-state index in [1.54, 1.807) is 7.11 Å². The van der Waals surface area contributed by atoms with Crippen LogP contribution in [0, 0.1) is 5.92 Å². The summed E-state index contributed by atoms with van der Waals surface area (Å²) >= 11 is 0. The topological polar surface area (TPSA) is 35.5 Å². The molecule has 0 fully saturated rings. The van der Waals surface area contributed by atoms with Gasteiger partial charge in [-0.3, -0.25) is 4.79 Å². The highest BCUT2D eigenvalue weighted by atomic mass is 16.5. The molecule has 0 bridgehead atoms. The monoisotopic (exact) mass is 370 g/mol. The Labute approximate surface area is 164 Å². The zero-order valence-electron chi connectivity index (χ0n) is 17.5. The van der Waals surface area contributed by atoms with Gasteiger partial charge in [0.05, 0.1) is 20.3 Å². The van der Waals surface area contributed by atoms with E-state index in [9.17, 15) is 4.79 Å². The number of methoxy groups -OCH3 is 1. The van der Waals surface area contributed by atoms with Crippen molar-refractivity contribution in [2.75, 3.05) is 13.7 Å². The first-order valence-electron chi connectivity index (χ1n) is 9.80. The average Bonchev–Trinajstić information content (AvgIpc) is 2.71. The highest BCUT2D eigenvalue weighted by Crippen LogP contribution is 2.27. The number of carbonyl (C=O) groups excluding carboxylic acids is 1. The van der Waals surface area contributed by atoms with Gasteiger partial charge in [0.2, 0.25) is 0 Å². The lowest BCUT2D eigenvalue weighted by molar-refractivity contribution is -0.115. The van der Waals surface area contributed by atoms with Gasteiger partial charge in [-0.2, -0.15) is 0 Å². The Morgan fingerprint density at radius 2 is 1.81 bits per heavy atom. The summed E-state index contributed by atoms with van der Waals surface area (Å²) in [6.07, 6.45) is 4.05. The van der Waals surface area contributed by atoms with E-state index in [2.05, 4.69) is 20.4 Å². The molecular formula is C24H34O3. The summed E-state index contributed by atoms with van der Waals surface area (Å²) in [6, 6.07) is 10.0. The Morgan fingerprint density at radius 1 is 1.15 bits per heavy atom. The van der Waals surface area contributed by atoms with Gasteiger partial charge in [-0.15, -0.1) is 0 Å². The number of carbonyl (C=O) groups is 1. The van der Waals surface area contributed by atoms with Crippen molar-refractivity contribution in [2.45, 2.75) is 53.6 Å². The first-order valence-corrected chi connectivity index (χ1v) is 9.80. The molecule has 1 atom stereocenters. The van der Waals surface area contributed by atoms with Gasteiger partial charge in [0.1, 0.15) is 5.76 Å². The Hall–Kier alpha value is -2.13. The van der Waals surface area contributed by atoms with Crippen LogP contribution >= 0.6 is 0 Å². The van der Waals surface area contributed by atoms with Crippen LogP contribution in [0.25, 0.3) is 0 Å². The van der Waals surface area contributed by atoms with Gasteiger partial charge in [-0.05, 0) is 24.5 Å². The van der Waals surface area contributed by atoms with Gasteiger partial charge in [0, 0.05) is 23.5 Å². The zero-order chi connectivity index (χ0) is 20.2. The van der Waals surface area contributed by atoms with Crippen molar-refractivity contribution in [2.24, 2.45) is 5.92 Å². The van der Waals surface area contributed by atoms with Crippen LogP contribution in [0.15, 0.2) is 65.5 Å². The lowest BCUT2D eigenvalue weighted by Crippen LogP contribution is -2.16. The fourth-order valence-electron chi connectivity index (χ4n) is 2.77. The van der Waals surface area contributed by atoms with Crippen LogP contribution in [0.3, 0.4) is 0 Å². The predicted molar refractivity (Wildman–Crippen MR) is 112 cm³/mol. The van der Waals surface area contributed by atoms with E-state index in [0.717, 1.165) is 35.3 Å². The molecule has 0 amide bonds. The maximum Gasteiger partial charge on any atom is 0.163 e. The Morgan fingerprint density at radius 3 is 2.33 bits per heavy atom. The molecule has 0 aliphatic carbocycles. The van der Waals surface area contributed by atoms with Gasteiger partial charge in [-0.1, -0.05) is 70.2 Å². The first kappa shape index (κ1) is 22.9. The summed E-state index contributed by atoms with van der Waals surface area (Å²) in [5.74, 6) is 1.11. The van der Waals surface area contributed by atoms with E-state index in [1.165, 1.54) is 0 Å². The molecule has 0 saturated carbocycles. The minimum atomic E-state index is 0.0840. The fourth-order valence-corrected chi connectivity index (χ4v) is 2.77. The molecule has 0 radical (unpaired) electrons. The third-order valence-corrected chi connectivity index (χ3v) is 4.68. The van der Waals surface area contributed by atoms with E-state index >= 15 is 0 Å². The number of hydrogen-bond donors (Lipinski definition) is 0. The van der Waals surface area contributed by atoms with E-state index in [4.69, 9.17) is 9.47 Å². The molecule has 0 saturated heterocycles. The lowest BCUT2D eigenvalue weighted by Gasteiger charge is -2.21. The SMILES string of the molecule is C=C(/C=C(C(=O)CC)\C(COCc1ccccc1)=C(\OC)C(C)CC)CC. The molecule has 3 heteroatoms. The van der Waals surface area contributed by atoms with Gasteiger partial charge in [-0.25, -0.2) is 0 Å². The average molecular weight is 371 g/mol. The number of ketones is 1. The van der Waals surface area contributed by atoms with E-state index in [-0.39, 0.29) is 11.7 Å². The van der Waals surface area contributed by atoms with Gasteiger partial charge >= 0.3 is 0 Å². The van der Waals surface area contributed by atoms with Crippen LogP contribution in [0.2, 0.25) is 0 Å². The Bertz CT molecular complexity index is 668. The molecule has 1 aromatic carbocycles. The summed E-state index contributed by atoms with van der Waals surface area (Å²) in [6.45, 7) is 13.0. The molecule has 27 heavy (non-hydrogen) atoms. The van der Waals surface area contributed by atoms with Crippen LogP contribution in [0.1, 0.15) is 52.5 Å². The fraction of sp³-hybridized carbons (Fsp3) is 0.458. The third kappa shape index (κ3) is 7.18. The normalized spacial score (nSPS) is 13.7. The summed E-state index contributed by atoms with van der Waals surface area (Å²) < 4.78 is 11.7. The molecule has 1 unspecified atom stereocenters. The smallest absolute Gasteiger partial charge is 0.163 e. The molecule has 0 aliphatic rings. The summed E-state index contributed by atoms with van der Waals surface area (Å²) in [7, 11) is 1.67. The number of hydrogen-bond acceptors (Lipinski definition) is 3. The quantitative estimate of drug-likeness (QED) is 0.256. The molecule has 0 aromatic heterocycles. The molecule has 1 aromatic rings. The van der Waals surface area contributed by atoms with Crippen molar-refractivity contribution < 1.29 is 14.3 Å². The molecular weight excluding hydrogens is 336 g/mol. The maximum atomic E-state index is 12.7. The maximum absolute atomic E-state index is 12.7. The first-order chi connectivity index (χ1) is 13.0. The summed E-state index contributed by atoms with van der Waals surface area (Å²) in [5.41, 5.74) is 3.52. The molecule has 0 spiro atoms. The third-order valence-electron chi connectivity index (χ3n) is 4.68. The second kappa shape index (κ2) is 12.3. The van der Waals surface area contributed by atoms with Crippen molar-refractivity contribution in [3.05, 3.63) is 71.0 Å². The molecule has 0 N–H and O–H groups in total.